The molecule has 0 saturated heterocycles. The zero-order chi connectivity index (χ0) is 17.1. The highest BCUT2D eigenvalue weighted by Crippen LogP contribution is 2.14. The third-order valence-electron chi connectivity index (χ3n) is 3.65. The van der Waals surface area contributed by atoms with Gasteiger partial charge in [0.15, 0.2) is 11.2 Å². The Hall–Kier alpha value is -2.51. The molecule has 0 fully saturated rings. The van der Waals surface area contributed by atoms with Crippen molar-refractivity contribution in [2.24, 2.45) is 7.05 Å². The van der Waals surface area contributed by atoms with E-state index in [0.29, 0.717) is 31.5 Å². The summed E-state index contributed by atoms with van der Waals surface area (Å²) in [6, 6.07) is 0. The number of hydrogen-bond donors (Lipinski definition) is 1. The zero-order valence-corrected chi connectivity index (χ0v) is 13.5. The molecular weight excluding hydrogens is 300 g/mol. The summed E-state index contributed by atoms with van der Waals surface area (Å²) in [4.78, 5) is 52.9. The van der Waals surface area contributed by atoms with Gasteiger partial charge in [0.25, 0.3) is 5.56 Å². The molecule has 2 aromatic rings. The highest BCUT2D eigenvalue weighted by atomic mass is 16.2. The van der Waals surface area contributed by atoms with Crippen molar-refractivity contribution in [2.75, 3.05) is 0 Å². The van der Waals surface area contributed by atoms with Gasteiger partial charge >= 0.3 is 5.69 Å². The lowest BCUT2D eigenvalue weighted by molar-refractivity contribution is -0.118. The van der Waals surface area contributed by atoms with Crippen molar-refractivity contribution >= 4 is 22.7 Å². The van der Waals surface area contributed by atoms with Gasteiger partial charge in [-0.1, -0.05) is 0 Å². The summed E-state index contributed by atoms with van der Waals surface area (Å²) < 4.78 is 2.82. The van der Waals surface area contributed by atoms with E-state index in [0.717, 1.165) is 0 Å². The number of aryl methyl sites for hydroxylation is 2. The van der Waals surface area contributed by atoms with Gasteiger partial charge in [0.1, 0.15) is 17.4 Å². The molecule has 1 N–H and O–H groups in total. The van der Waals surface area contributed by atoms with Gasteiger partial charge in [-0.25, -0.2) is 9.78 Å². The molecule has 0 saturated carbocycles. The number of H-pyrrole nitrogens is 1. The minimum atomic E-state index is -0.549. The van der Waals surface area contributed by atoms with Gasteiger partial charge in [-0.3, -0.25) is 19.1 Å². The number of carbonyl (C=O) groups excluding carboxylic acids is 2. The number of ketones is 2. The number of rotatable bonds is 7. The van der Waals surface area contributed by atoms with Gasteiger partial charge < -0.3 is 9.36 Å². The lowest BCUT2D eigenvalue weighted by atomic mass is 10.1. The predicted molar refractivity (Wildman–Crippen MR) is 84.5 cm³/mol. The Kier molecular flexibility index (Phi) is 4.92. The summed E-state index contributed by atoms with van der Waals surface area (Å²) >= 11 is 0. The first-order valence-corrected chi connectivity index (χ1v) is 7.48. The molecule has 8 heteroatoms. The normalized spacial score (nSPS) is 11.1. The molecule has 0 radical (unpaired) electrons. The molecule has 2 rings (SSSR count). The van der Waals surface area contributed by atoms with E-state index >= 15 is 0 Å². The number of imidazole rings is 1. The second-order valence-corrected chi connectivity index (χ2v) is 5.72. The molecule has 0 bridgehead atoms. The molecule has 2 aromatic heterocycles. The van der Waals surface area contributed by atoms with Crippen LogP contribution in [0.15, 0.2) is 9.59 Å². The molecule has 0 spiro atoms. The van der Waals surface area contributed by atoms with E-state index in [1.54, 1.807) is 11.5 Å². The lowest BCUT2D eigenvalue weighted by Gasteiger charge is -2.06. The summed E-state index contributed by atoms with van der Waals surface area (Å²) in [7, 11) is 1.52. The van der Waals surface area contributed by atoms with Gasteiger partial charge in [0.2, 0.25) is 0 Å². The Morgan fingerprint density at radius 2 is 1.83 bits per heavy atom. The first-order chi connectivity index (χ1) is 10.8. The maximum atomic E-state index is 12.1. The third-order valence-corrected chi connectivity index (χ3v) is 3.65. The molecule has 0 unspecified atom stereocenters. The van der Waals surface area contributed by atoms with Crippen LogP contribution in [-0.2, 0) is 29.6 Å². The van der Waals surface area contributed by atoms with Crippen LogP contribution in [0, 0.1) is 0 Å². The van der Waals surface area contributed by atoms with Crippen LogP contribution in [-0.4, -0.2) is 30.7 Å². The first kappa shape index (κ1) is 16.9. The van der Waals surface area contributed by atoms with E-state index in [-0.39, 0.29) is 29.3 Å². The molecule has 23 heavy (non-hydrogen) atoms. The van der Waals surface area contributed by atoms with Crippen molar-refractivity contribution in [2.45, 2.75) is 46.1 Å². The Balaban J connectivity index is 2.46. The number of nitrogens with one attached hydrogen (secondary N) is 1. The maximum absolute atomic E-state index is 12.1. The largest absolute Gasteiger partial charge is 0.329 e. The molecule has 124 valence electrons. The number of nitrogens with zero attached hydrogens (tertiary/aromatic N) is 3. The smallest absolute Gasteiger partial charge is 0.315 e. The average Bonchev–Trinajstić information content (AvgIpc) is 2.79. The van der Waals surface area contributed by atoms with Crippen LogP contribution in [0.25, 0.3) is 11.2 Å². The zero-order valence-electron chi connectivity index (χ0n) is 13.5. The van der Waals surface area contributed by atoms with Crippen molar-refractivity contribution in [3.05, 3.63) is 26.7 Å². The van der Waals surface area contributed by atoms with Crippen LogP contribution in [0.3, 0.4) is 0 Å². The molecule has 0 aromatic carbocycles. The summed E-state index contributed by atoms with van der Waals surface area (Å²) in [6.07, 6.45) is 2.45. The molecule has 0 aliphatic carbocycles. The minimum absolute atomic E-state index is 0.0276. The average molecular weight is 320 g/mol. The van der Waals surface area contributed by atoms with E-state index in [4.69, 9.17) is 0 Å². The highest BCUT2D eigenvalue weighted by Gasteiger charge is 2.17. The number of carbonyl (C=O) groups is 2. The quantitative estimate of drug-likeness (QED) is 0.739. The molecule has 8 nitrogen and oxygen atoms in total. The lowest BCUT2D eigenvalue weighted by Crippen LogP contribution is -2.29. The maximum Gasteiger partial charge on any atom is 0.329 e. The highest BCUT2D eigenvalue weighted by molar-refractivity contribution is 5.79. The molecule has 0 atom stereocenters. The fourth-order valence-corrected chi connectivity index (χ4v) is 2.52. The van der Waals surface area contributed by atoms with Crippen LogP contribution < -0.4 is 11.2 Å². The number of Topliss-reactive ketones (excluding diaryl/α,β-unsaturated/α-hetero) is 2. The van der Waals surface area contributed by atoms with Gasteiger partial charge in [0.05, 0.1) is 6.54 Å². The van der Waals surface area contributed by atoms with Crippen LogP contribution in [0.2, 0.25) is 0 Å². The SMILES string of the molecule is CC(=O)CCCCc1nc2c(c(=O)[nH]c(=O)n2C)n1CC(C)=O. The van der Waals surface area contributed by atoms with E-state index < -0.39 is 11.2 Å². The van der Waals surface area contributed by atoms with E-state index in [1.807, 2.05) is 0 Å². The molecular formula is C15H20N4O4. The number of fused-ring (bicyclic) bond motifs is 1. The standard InChI is InChI=1S/C15H20N4O4/c1-9(20)6-4-5-7-11-16-13-12(19(11)8-10(2)21)14(22)17-15(23)18(13)3/h4-8H2,1-3H3,(H,17,22,23). The number of aromatic nitrogens is 4. The Morgan fingerprint density at radius 1 is 1.13 bits per heavy atom. The molecule has 2 heterocycles. The van der Waals surface area contributed by atoms with Crippen LogP contribution in [0.4, 0.5) is 0 Å². The number of unbranched alkanes of at least 4 members (excludes halogenated alkanes) is 1. The molecule has 0 aliphatic heterocycles. The van der Waals surface area contributed by atoms with Crippen LogP contribution >= 0.6 is 0 Å². The van der Waals surface area contributed by atoms with E-state index in [2.05, 4.69) is 9.97 Å². The summed E-state index contributed by atoms with van der Waals surface area (Å²) in [5.74, 6) is 0.592. The van der Waals surface area contributed by atoms with Crippen molar-refractivity contribution in [1.29, 1.82) is 0 Å². The number of aromatic amines is 1. The van der Waals surface area contributed by atoms with E-state index in [1.165, 1.54) is 18.5 Å². The van der Waals surface area contributed by atoms with Gasteiger partial charge in [-0.05, 0) is 26.7 Å². The molecule has 0 amide bonds. The van der Waals surface area contributed by atoms with Gasteiger partial charge in [0, 0.05) is 19.9 Å². The van der Waals surface area contributed by atoms with Crippen molar-refractivity contribution < 1.29 is 9.59 Å². The second kappa shape index (κ2) is 6.72. The Morgan fingerprint density at radius 3 is 2.43 bits per heavy atom. The second-order valence-electron chi connectivity index (χ2n) is 5.72. The topological polar surface area (TPSA) is 107 Å². The summed E-state index contributed by atoms with van der Waals surface area (Å²) in [5.41, 5.74) is -0.602. The monoisotopic (exact) mass is 320 g/mol. The molecule has 0 aliphatic rings. The van der Waals surface area contributed by atoms with Crippen molar-refractivity contribution in [3.63, 3.8) is 0 Å². The Bertz CT molecular complexity index is 872. The Labute approximate surface area is 132 Å². The fourth-order valence-electron chi connectivity index (χ4n) is 2.52. The van der Waals surface area contributed by atoms with Gasteiger partial charge in [-0.15, -0.1) is 0 Å². The van der Waals surface area contributed by atoms with E-state index in [9.17, 15) is 19.2 Å². The van der Waals surface area contributed by atoms with Crippen LogP contribution in [0.1, 0.15) is 38.9 Å². The summed E-state index contributed by atoms with van der Waals surface area (Å²) in [6.45, 7) is 3.00. The van der Waals surface area contributed by atoms with Crippen molar-refractivity contribution in [1.82, 2.24) is 19.1 Å². The first-order valence-electron chi connectivity index (χ1n) is 7.48. The van der Waals surface area contributed by atoms with Gasteiger partial charge in [-0.2, -0.15) is 0 Å². The number of hydrogen-bond acceptors (Lipinski definition) is 5. The predicted octanol–water partition coefficient (Wildman–Crippen LogP) is 0.314. The fraction of sp³-hybridized carbons (Fsp3) is 0.533. The minimum Gasteiger partial charge on any atom is -0.315 e. The van der Waals surface area contributed by atoms with Crippen LogP contribution in [0.5, 0.6) is 0 Å². The third kappa shape index (κ3) is 3.64. The van der Waals surface area contributed by atoms with Crippen molar-refractivity contribution in [3.8, 4) is 0 Å². The summed E-state index contributed by atoms with van der Waals surface area (Å²) in [5, 5.41) is 0.